The van der Waals surface area contributed by atoms with Crippen LogP contribution in [0.5, 0.6) is 0 Å². The second-order valence-corrected chi connectivity index (χ2v) is 6.36. The lowest BCUT2D eigenvalue weighted by atomic mass is 10.2. The Balaban J connectivity index is 2.04. The summed E-state index contributed by atoms with van der Waals surface area (Å²) in [5, 5.41) is 4.11. The van der Waals surface area contributed by atoms with E-state index in [2.05, 4.69) is 16.6 Å². The average molecular weight is 271 g/mol. The number of thioether (sulfide) groups is 1. The summed E-state index contributed by atoms with van der Waals surface area (Å²) >= 11 is 3.10. The molecule has 1 aliphatic carbocycles. The van der Waals surface area contributed by atoms with E-state index in [-0.39, 0.29) is 5.91 Å². The van der Waals surface area contributed by atoms with E-state index in [1.807, 2.05) is 18.7 Å². The Hall–Kier alpha value is -0.750. The Kier molecular flexibility index (Phi) is 3.93. The first-order chi connectivity index (χ1) is 8.11. The van der Waals surface area contributed by atoms with Gasteiger partial charge in [-0.2, -0.15) is 11.8 Å². The first-order valence-electron chi connectivity index (χ1n) is 5.68. The van der Waals surface area contributed by atoms with Gasteiger partial charge < -0.3 is 11.1 Å². The number of anilines is 1. The molecule has 6 heteroatoms. The molecule has 2 rings (SSSR count). The number of hydrogen-bond donors (Lipinski definition) is 2. The van der Waals surface area contributed by atoms with E-state index in [0.29, 0.717) is 21.3 Å². The van der Waals surface area contributed by atoms with Crippen LogP contribution in [-0.2, 0) is 0 Å². The van der Waals surface area contributed by atoms with Crippen molar-refractivity contribution in [3.63, 3.8) is 0 Å². The van der Waals surface area contributed by atoms with Crippen LogP contribution in [0.3, 0.4) is 0 Å². The smallest absolute Gasteiger partial charge is 0.263 e. The van der Waals surface area contributed by atoms with Crippen molar-refractivity contribution < 1.29 is 4.79 Å². The molecule has 0 aliphatic heterocycles. The molecule has 1 aromatic rings. The third-order valence-corrected chi connectivity index (χ3v) is 5.25. The van der Waals surface area contributed by atoms with Crippen molar-refractivity contribution >= 4 is 34.1 Å². The minimum absolute atomic E-state index is 0.0253. The fourth-order valence-electron chi connectivity index (χ4n) is 2.24. The second kappa shape index (κ2) is 5.27. The largest absolute Gasteiger partial charge is 0.375 e. The zero-order chi connectivity index (χ0) is 12.4. The van der Waals surface area contributed by atoms with Crippen molar-refractivity contribution in [3.8, 4) is 0 Å². The van der Waals surface area contributed by atoms with Gasteiger partial charge in [0.25, 0.3) is 5.91 Å². The van der Waals surface area contributed by atoms with Gasteiger partial charge in [-0.15, -0.1) is 0 Å². The molecule has 4 nitrogen and oxygen atoms in total. The standard InChI is InChI=1S/C11H17N3OS2/c1-6-9(17-11(12)13-6)10(15)14-7-4-3-5-8(7)16-2/h7-8H,3-5H2,1-2H3,(H2,12,13)(H,14,15). The molecule has 1 heterocycles. The van der Waals surface area contributed by atoms with Gasteiger partial charge >= 0.3 is 0 Å². The summed E-state index contributed by atoms with van der Waals surface area (Å²) in [6.07, 6.45) is 5.56. The van der Waals surface area contributed by atoms with E-state index in [0.717, 1.165) is 12.1 Å². The molecule has 1 aliphatic rings. The fourth-order valence-corrected chi connectivity index (χ4v) is 3.91. The number of hydrogen-bond acceptors (Lipinski definition) is 5. The van der Waals surface area contributed by atoms with E-state index in [9.17, 15) is 4.79 Å². The summed E-state index contributed by atoms with van der Waals surface area (Å²) in [7, 11) is 0. The van der Waals surface area contributed by atoms with Gasteiger partial charge in [-0.1, -0.05) is 17.8 Å². The third kappa shape index (κ3) is 2.74. The highest BCUT2D eigenvalue weighted by Crippen LogP contribution is 2.29. The van der Waals surface area contributed by atoms with Crippen LogP contribution in [-0.4, -0.2) is 28.4 Å². The van der Waals surface area contributed by atoms with Crippen molar-refractivity contribution in [2.45, 2.75) is 37.5 Å². The van der Waals surface area contributed by atoms with Crippen molar-refractivity contribution in [1.29, 1.82) is 0 Å². The average Bonchev–Trinajstić information content (AvgIpc) is 2.84. The van der Waals surface area contributed by atoms with Gasteiger partial charge in [0.2, 0.25) is 0 Å². The van der Waals surface area contributed by atoms with Gasteiger partial charge in [-0.3, -0.25) is 4.79 Å². The number of carbonyl (C=O) groups excluding carboxylic acids is 1. The van der Waals surface area contributed by atoms with Crippen molar-refractivity contribution in [3.05, 3.63) is 10.6 Å². The van der Waals surface area contributed by atoms with Crippen LogP contribution in [0.2, 0.25) is 0 Å². The van der Waals surface area contributed by atoms with Crippen molar-refractivity contribution in [2.75, 3.05) is 12.0 Å². The number of nitrogen functional groups attached to an aromatic ring is 1. The maximum absolute atomic E-state index is 12.1. The highest BCUT2D eigenvalue weighted by Gasteiger charge is 2.28. The zero-order valence-corrected chi connectivity index (χ0v) is 11.7. The lowest BCUT2D eigenvalue weighted by molar-refractivity contribution is 0.0942. The Morgan fingerprint density at radius 1 is 1.59 bits per heavy atom. The predicted octanol–water partition coefficient (Wildman–Crippen LogP) is 2.05. The molecule has 17 heavy (non-hydrogen) atoms. The van der Waals surface area contributed by atoms with Crippen LogP contribution in [0, 0.1) is 6.92 Å². The van der Waals surface area contributed by atoms with Crippen LogP contribution in [0.1, 0.15) is 34.6 Å². The first-order valence-corrected chi connectivity index (χ1v) is 7.79. The van der Waals surface area contributed by atoms with Crippen molar-refractivity contribution in [2.24, 2.45) is 0 Å². The Morgan fingerprint density at radius 2 is 2.35 bits per heavy atom. The molecule has 0 bridgehead atoms. The van der Waals surface area contributed by atoms with Crippen molar-refractivity contribution in [1.82, 2.24) is 10.3 Å². The van der Waals surface area contributed by atoms with Gasteiger partial charge in [-0.25, -0.2) is 4.98 Å². The van der Waals surface area contributed by atoms with Crippen LogP contribution in [0.15, 0.2) is 0 Å². The minimum atomic E-state index is -0.0253. The van der Waals surface area contributed by atoms with Gasteiger partial charge in [0, 0.05) is 11.3 Å². The van der Waals surface area contributed by atoms with E-state index in [4.69, 9.17) is 5.73 Å². The number of nitrogens with zero attached hydrogens (tertiary/aromatic N) is 1. The number of rotatable bonds is 3. The number of thiazole rings is 1. The molecule has 1 fully saturated rings. The van der Waals surface area contributed by atoms with E-state index in [1.165, 1.54) is 24.2 Å². The molecule has 94 valence electrons. The zero-order valence-electron chi connectivity index (χ0n) is 10.0. The Bertz CT molecular complexity index is 419. The summed E-state index contributed by atoms with van der Waals surface area (Å²) in [6, 6.07) is 0.292. The molecule has 0 aromatic carbocycles. The normalized spacial score (nSPS) is 23.9. The third-order valence-electron chi connectivity index (χ3n) is 3.09. The molecule has 1 aromatic heterocycles. The topological polar surface area (TPSA) is 68.0 Å². The summed E-state index contributed by atoms with van der Waals surface area (Å²) in [5.41, 5.74) is 6.33. The molecular weight excluding hydrogens is 254 g/mol. The number of amides is 1. The first kappa shape index (κ1) is 12.7. The number of aryl methyl sites for hydroxylation is 1. The van der Waals surface area contributed by atoms with Gasteiger partial charge in [0.1, 0.15) is 4.88 Å². The molecule has 1 amide bonds. The predicted molar refractivity (Wildman–Crippen MR) is 73.7 cm³/mol. The molecular formula is C11H17N3OS2. The molecule has 0 spiro atoms. The number of nitrogens with one attached hydrogen (secondary N) is 1. The summed E-state index contributed by atoms with van der Waals surface area (Å²) in [4.78, 5) is 16.8. The molecule has 3 N–H and O–H groups in total. The summed E-state index contributed by atoms with van der Waals surface area (Å²) in [6.45, 7) is 1.82. The molecule has 2 unspecified atom stereocenters. The molecule has 0 radical (unpaired) electrons. The SMILES string of the molecule is CSC1CCCC1NC(=O)c1sc(N)nc1C. The minimum Gasteiger partial charge on any atom is -0.375 e. The number of carbonyl (C=O) groups is 1. The monoisotopic (exact) mass is 271 g/mol. The fraction of sp³-hybridized carbons (Fsp3) is 0.636. The molecule has 2 atom stereocenters. The van der Waals surface area contributed by atoms with Gasteiger partial charge in [0.05, 0.1) is 5.69 Å². The Labute approximate surface area is 109 Å². The van der Waals surface area contributed by atoms with Gasteiger partial charge in [-0.05, 0) is 26.0 Å². The maximum Gasteiger partial charge on any atom is 0.263 e. The highest BCUT2D eigenvalue weighted by molar-refractivity contribution is 7.99. The van der Waals surface area contributed by atoms with E-state index < -0.39 is 0 Å². The lowest BCUT2D eigenvalue weighted by Gasteiger charge is -2.18. The maximum atomic E-state index is 12.1. The summed E-state index contributed by atoms with van der Waals surface area (Å²) in [5.74, 6) is -0.0253. The van der Waals surface area contributed by atoms with Crippen LogP contribution in [0.4, 0.5) is 5.13 Å². The quantitative estimate of drug-likeness (QED) is 0.883. The summed E-state index contributed by atoms with van der Waals surface area (Å²) < 4.78 is 0. The highest BCUT2D eigenvalue weighted by atomic mass is 32.2. The van der Waals surface area contributed by atoms with Crippen LogP contribution >= 0.6 is 23.1 Å². The molecule has 1 saturated carbocycles. The Morgan fingerprint density at radius 3 is 2.94 bits per heavy atom. The van der Waals surface area contributed by atoms with E-state index >= 15 is 0 Å². The second-order valence-electron chi connectivity index (χ2n) is 4.25. The van der Waals surface area contributed by atoms with E-state index in [1.54, 1.807) is 0 Å². The number of aromatic nitrogens is 1. The molecule has 0 saturated heterocycles. The van der Waals surface area contributed by atoms with Gasteiger partial charge in [0.15, 0.2) is 5.13 Å². The number of nitrogens with two attached hydrogens (primary N) is 1. The van der Waals surface area contributed by atoms with Crippen LogP contribution in [0.25, 0.3) is 0 Å². The lowest BCUT2D eigenvalue weighted by Crippen LogP contribution is -2.38. The van der Waals surface area contributed by atoms with Crippen LogP contribution < -0.4 is 11.1 Å².